The molecule has 2 rings (SSSR count). The van der Waals surface area contributed by atoms with Crippen LogP contribution in [-0.4, -0.2) is 21.0 Å². The average molecular weight is 286 g/mol. The molecular weight excluding hydrogens is 270 g/mol. The molecule has 0 aliphatic heterocycles. The number of halogens is 1. The monoisotopic (exact) mass is 285 g/mol. The Morgan fingerprint density at radius 3 is 2.53 bits per heavy atom. The lowest BCUT2D eigenvalue weighted by atomic mass is 9.89. The number of nitrogens with zero attached hydrogens (tertiary/aromatic N) is 3. The number of hydrogen-bond donors (Lipinski definition) is 0. The third-order valence-electron chi connectivity index (χ3n) is 3.42. The second kappa shape index (κ2) is 5.69. The summed E-state index contributed by atoms with van der Waals surface area (Å²) in [5, 5.41) is 11.0. The summed E-state index contributed by atoms with van der Waals surface area (Å²) in [7, 11) is 0. The molecule has 7 heteroatoms. The third-order valence-corrected chi connectivity index (χ3v) is 3.59. The van der Waals surface area contributed by atoms with E-state index in [1.807, 2.05) is 0 Å². The molecular formula is C12H16ClN3O3. The predicted molar refractivity (Wildman–Crippen MR) is 70.5 cm³/mol. The Hall–Kier alpha value is -1.43. The van der Waals surface area contributed by atoms with Crippen molar-refractivity contribution in [1.82, 2.24) is 9.97 Å². The number of ether oxygens (including phenoxy) is 1. The molecule has 1 aromatic rings. The van der Waals surface area contributed by atoms with E-state index in [0.29, 0.717) is 5.92 Å². The van der Waals surface area contributed by atoms with E-state index < -0.39 is 4.92 Å². The van der Waals surface area contributed by atoms with Gasteiger partial charge in [-0.25, -0.2) is 4.98 Å². The minimum absolute atomic E-state index is 0.0120. The second-order valence-electron chi connectivity index (χ2n) is 4.99. The van der Waals surface area contributed by atoms with Crippen LogP contribution in [0, 0.1) is 23.0 Å². The lowest BCUT2D eigenvalue weighted by Crippen LogP contribution is -2.24. The summed E-state index contributed by atoms with van der Waals surface area (Å²) < 4.78 is 5.68. The van der Waals surface area contributed by atoms with Crippen molar-refractivity contribution >= 4 is 17.3 Å². The van der Waals surface area contributed by atoms with Crippen molar-refractivity contribution in [2.75, 3.05) is 0 Å². The summed E-state index contributed by atoms with van der Waals surface area (Å²) in [6.45, 7) is 3.73. The summed E-state index contributed by atoms with van der Waals surface area (Å²) in [4.78, 5) is 18.2. The van der Waals surface area contributed by atoms with E-state index in [9.17, 15) is 10.1 Å². The minimum Gasteiger partial charge on any atom is -0.469 e. The molecule has 1 aliphatic rings. The summed E-state index contributed by atoms with van der Waals surface area (Å²) >= 11 is 5.74. The van der Waals surface area contributed by atoms with Gasteiger partial charge in [-0.05, 0) is 50.1 Å². The summed E-state index contributed by atoms with van der Waals surface area (Å²) in [5.41, 5.74) is 0.0344. The molecule has 1 heterocycles. The molecule has 0 unspecified atom stereocenters. The Morgan fingerprint density at radius 1 is 1.32 bits per heavy atom. The van der Waals surface area contributed by atoms with E-state index in [4.69, 9.17) is 16.3 Å². The van der Waals surface area contributed by atoms with Gasteiger partial charge < -0.3 is 4.74 Å². The molecule has 6 nitrogen and oxygen atoms in total. The van der Waals surface area contributed by atoms with Crippen molar-refractivity contribution in [2.45, 2.75) is 45.6 Å². The summed E-state index contributed by atoms with van der Waals surface area (Å²) in [6, 6.07) is 0. The zero-order valence-electron chi connectivity index (χ0n) is 10.9. The Labute approximate surface area is 116 Å². The maximum atomic E-state index is 11.1. The average Bonchev–Trinajstić information content (AvgIpc) is 2.30. The molecule has 104 valence electrons. The van der Waals surface area contributed by atoms with Gasteiger partial charge >= 0.3 is 5.69 Å². The first kappa shape index (κ1) is 14.0. The maximum absolute atomic E-state index is 11.1. The number of nitro groups is 1. The zero-order valence-corrected chi connectivity index (χ0v) is 11.7. The molecule has 0 spiro atoms. The second-order valence-corrected chi connectivity index (χ2v) is 5.33. The van der Waals surface area contributed by atoms with Gasteiger partial charge in [0.05, 0.1) is 4.92 Å². The van der Waals surface area contributed by atoms with Gasteiger partial charge in [0.15, 0.2) is 0 Å². The van der Waals surface area contributed by atoms with Crippen LogP contribution in [0.5, 0.6) is 5.88 Å². The summed E-state index contributed by atoms with van der Waals surface area (Å²) in [6.07, 6.45) is 3.88. The number of rotatable bonds is 3. The Balaban J connectivity index is 2.21. The van der Waals surface area contributed by atoms with E-state index in [1.165, 1.54) is 6.92 Å². The molecule has 1 fully saturated rings. The van der Waals surface area contributed by atoms with E-state index in [0.717, 1.165) is 25.7 Å². The highest BCUT2D eigenvalue weighted by Gasteiger charge is 2.27. The smallest absolute Gasteiger partial charge is 0.352 e. The van der Waals surface area contributed by atoms with Gasteiger partial charge in [0.1, 0.15) is 11.8 Å². The molecule has 0 radical (unpaired) electrons. The van der Waals surface area contributed by atoms with E-state index in [1.54, 1.807) is 0 Å². The fourth-order valence-corrected chi connectivity index (χ4v) is 2.51. The van der Waals surface area contributed by atoms with Crippen LogP contribution >= 0.6 is 11.6 Å². The fraction of sp³-hybridized carbons (Fsp3) is 0.667. The van der Waals surface area contributed by atoms with Crippen LogP contribution < -0.4 is 4.74 Å². The molecule has 0 N–H and O–H groups in total. The molecule has 1 aromatic heterocycles. The lowest BCUT2D eigenvalue weighted by molar-refractivity contribution is -0.387. The van der Waals surface area contributed by atoms with Crippen LogP contribution in [0.1, 0.15) is 38.3 Å². The van der Waals surface area contributed by atoms with Crippen LogP contribution in [0.15, 0.2) is 0 Å². The van der Waals surface area contributed by atoms with Gasteiger partial charge in [0, 0.05) is 0 Å². The van der Waals surface area contributed by atoms with Gasteiger partial charge in [0.25, 0.3) is 5.88 Å². The van der Waals surface area contributed by atoms with Crippen molar-refractivity contribution in [3.8, 4) is 5.88 Å². The normalized spacial score (nSPS) is 23.1. The van der Waals surface area contributed by atoms with Crippen molar-refractivity contribution < 1.29 is 9.66 Å². The Kier molecular flexibility index (Phi) is 4.19. The van der Waals surface area contributed by atoms with Gasteiger partial charge in [-0.3, -0.25) is 10.1 Å². The first-order valence-electron chi connectivity index (χ1n) is 6.32. The Morgan fingerprint density at radius 2 is 1.95 bits per heavy atom. The van der Waals surface area contributed by atoms with Gasteiger partial charge in [-0.2, -0.15) is 4.98 Å². The molecule has 0 amide bonds. The van der Waals surface area contributed by atoms with Crippen molar-refractivity contribution in [3.63, 3.8) is 0 Å². The van der Waals surface area contributed by atoms with Gasteiger partial charge in [-0.15, -0.1) is 0 Å². The van der Waals surface area contributed by atoms with Crippen LogP contribution in [0.4, 0.5) is 5.69 Å². The quantitative estimate of drug-likeness (QED) is 0.484. The van der Waals surface area contributed by atoms with Crippen LogP contribution in [-0.2, 0) is 0 Å². The van der Waals surface area contributed by atoms with Crippen molar-refractivity contribution in [2.24, 2.45) is 5.92 Å². The number of aromatic nitrogens is 2. The summed E-state index contributed by atoms with van der Waals surface area (Å²) in [5.74, 6) is 0.674. The molecule has 0 saturated heterocycles. The fourth-order valence-electron chi connectivity index (χ4n) is 2.31. The first-order chi connectivity index (χ1) is 8.97. The first-order valence-corrected chi connectivity index (χ1v) is 6.70. The molecule has 19 heavy (non-hydrogen) atoms. The molecule has 0 atom stereocenters. The molecule has 0 aromatic carbocycles. The standard InChI is InChI=1S/C12H16ClN3O3/c1-7-3-5-9(6-4-7)19-11-10(16(17)18)8(2)14-12(13)15-11/h7,9H,3-6H2,1-2H3. The lowest BCUT2D eigenvalue weighted by Gasteiger charge is -2.26. The zero-order chi connectivity index (χ0) is 14.0. The number of aryl methyl sites for hydroxylation is 1. The van der Waals surface area contributed by atoms with E-state index in [2.05, 4.69) is 16.9 Å². The van der Waals surface area contributed by atoms with Crippen molar-refractivity contribution in [1.29, 1.82) is 0 Å². The Bertz CT molecular complexity index is 487. The molecule has 1 saturated carbocycles. The largest absolute Gasteiger partial charge is 0.469 e. The highest BCUT2D eigenvalue weighted by molar-refractivity contribution is 6.28. The maximum Gasteiger partial charge on any atom is 0.352 e. The van der Waals surface area contributed by atoms with Crippen LogP contribution in [0.2, 0.25) is 5.28 Å². The molecule has 0 bridgehead atoms. The van der Waals surface area contributed by atoms with Crippen LogP contribution in [0.25, 0.3) is 0 Å². The minimum atomic E-state index is -0.521. The topological polar surface area (TPSA) is 78.2 Å². The molecule has 1 aliphatic carbocycles. The predicted octanol–water partition coefficient (Wildman–Crippen LogP) is 3.30. The van der Waals surface area contributed by atoms with E-state index >= 15 is 0 Å². The third kappa shape index (κ3) is 3.32. The number of hydrogen-bond acceptors (Lipinski definition) is 5. The SMILES string of the molecule is Cc1nc(Cl)nc(OC2CCC(C)CC2)c1[N+](=O)[O-]. The van der Waals surface area contributed by atoms with Gasteiger partial charge in [-0.1, -0.05) is 6.92 Å². The van der Waals surface area contributed by atoms with E-state index in [-0.39, 0.29) is 28.6 Å². The van der Waals surface area contributed by atoms with Crippen molar-refractivity contribution in [3.05, 3.63) is 21.1 Å². The highest BCUT2D eigenvalue weighted by Crippen LogP contribution is 2.33. The van der Waals surface area contributed by atoms with Gasteiger partial charge in [0.2, 0.25) is 5.28 Å². The highest BCUT2D eigenvalue weighted by atomic mass is 35.5. The van der Waals surface area contributed by atoms with Crippen LogP contribution in [0.3, 0.4) is 0 Å².